The predicted octanol–water partition coefficient (Wildman–Crippen LogP) is 1.40. The maximum Gasteiger partial charge on any atom is 0.147 e. The number of benzene rings is 1. The number of oxime groups is 1. The number of nitrogens with two attached hydrogens (primary N) is 1. The fraction of sp³-hybridized carbons (Fsp3) is 0.562. The molecule has 1 aliphatic heterocycles. The summed E-state index contributed by atoms with van der Waals surface area (Å²) >= 11 is 0. The highest BCUT2D eigenvalue weighted by molar-refractivity contribution is 5.87. The van der Waals surface area contributed by atoms with Crippen LogP contribution in [0.25, 0.3) is 0 Å². The molecule has 3 atom stereocenters. The first-order chi connectivity index (χ1) is 10.0. The van der Waals surface area contributed by atoms with E-state index in [1.54, 1.807) is 0 Å². The zero-order valence-corrected chi connectivity index (χ0v) is 13.1. The average Bonchev–Trinajstić information content (AvgIpc) is 2.86. The Morgan fingerprint density at radius 1 is 1.38 bits per heavy atom. The third-order valence-electron chi connectivity index (χ3n) is 4.43. The molecule has 1 heterocycles. The SMILES string of the molecule is CC1CN(CC(/C(N)=N/O)c2ccccc2)CC1N(C)C. The first-order valence-electron chi connectivity index (χ1n) is 7.44. The Hall–Kier alpha value is -1.59. The minimum atomic E-state index is -0.0655. The quantitative estimate of drug-likeness (QED) is 0.372. The van der Waals surface area contributed by atoms with Crippen LogP contribution in [0.2, 0.25) is 0 Å². The van der Waals surface area contributed by atoms with Gasteiger partial charge in [0, 0.05) is 25.7 Å². The molecule has 2 rings (SSSR count). The second kappa shape index (κ2) is 6.91. The van der Waals surface area contributed by atoms with Crippen molar-refractivity contribution in [2.24, 2.45) is 16.8 Å². The van der Waals surface area contributed by atoms with Gasteiger partial charge in [-0.1, -0.05) is 42.4 Å². The summed E-state index contributed by atoms with van der Waals surface area (Å²) in [5.41, 5.74) is 7.01. The van der Waals surface area contributed by atoms with Crippen LogP contribution in [0.4, 0.5) is 0 Å². The van der Waals surface area contributed by atoms with E-state index in [1.807, 2.05) is 30.3 Å². The Kier molecular flexibility index (Phi) is 5.20. The predicted molar refractivity (Wildman–Crippen MR) is 85.7 cm³/mol. The Balaban J connectivity index is 2.11. The van der Waals surface area contributed by atoms with Gasteiger partial charge in [0.25, 0.3) is 0 Å². The molecule has 5 nitrogen and oxygen atoms in total. The van der Waals surface area contributed by atoms with Crippen LogP contribution in [0, 0.1) is 5.92 Å². The molecule has 3 unspecified atom stereocenters. The van der Waals surface area contributed by atoms with E-state index in [4.69, 9.17) is 10.9 Å². The lowest BCUT2D eigenvalue weighted by atomic mass is 9.97. The Morgan fingerprint density at radius 2 is 2.05 bits per heavy atom. The second-order valence-corrected chi connectivity index (χ2v) is 6.21. The summed E-state index contributed by atoms with van der Waals surface area (Å²) < 4.78 is 0. The van der Waals surface area contributed by atoms with E-state index in [9.17, 15) is 0 Å². The Morgan fingerprint density at radius 3 is 2.57 bits per heavy atom. The third kappa shape index (κ3) is 3.74. The van der Waals surface area contributed by atoms with Gasteiger partial charge in [0.2, 0.25) is 0 Å². The normalized spacial score (nSPS) is 25.4. The van der Waals surface area contributed by atoms with Crippen LogP contribution in [0.15, 0.2) is 35.5 Å². The molecule has 1 aromatic carbocycles. The van der Waals surface area contributed by atoms with Crippen molar-refractivity contribution in [2.75, 3.05) is 33.7 Å². The van der Waals surface area contributed by atoms with Gasteiger partial charge in [0.15, 0.2) is 0 Å². The van der Waals surface area contributed by atoms with Gasteiger partial charge < -0.3 is 20.7 Å². The van der Waals surface area contributed by atoms with Crippen molar-refractivity contribution in [1.29, 1.82) is 0 Å². The number of likely N-dealkylation sites (tertiary alicyclic amines) is 1. The van der Waals surface area contributed by atoms with Crippen LogP contribution in [0.1, 0.15) is 18.4 Å². The first-order valence-corrected chi connectivity index (χ1v) is 7.44. The van der Waals surface area contributed by atoms with Crippen LogP contribution in [0.3, 0.4) is 0 Å². The second-order valence-electron chi connectivity index (χ2n) is 6.21. The lowest BCUT2D eigenvalue weighted by Gasteiger charge is -2.25. The monoisotopic (exact) mass is 290 g/mol. The van der Waals surface area contributed by atoms with E-state index in [-0.39, 0.29) is 11.8 Å². The highest BCUT2D eigenvalue weighted by Gasteiger charge is 2.33. The summed E-state index contributed by atoms with van der Waals surface area (Å²) in [5.74, 6) is 0.843. The van der Waals surface area contributed by atoms with Crippen LogP contribution in [-0.4, -0.2) is 60.6 Å². The fourth-order valence-corrected chi connectivity index (χ4v) is 3.25. The number of likely N-dealkylation sites (N-methyl/N-ethyl adjacent to an activating group) is 1. The van der Waals surface area contributed by atoms with Gasteiger partial charge in [-0.05, 0) is 25.6 Å². The van der Waals surface area contributed by atoms with Crippen molar-refractivity contribution in [3.63, 3.8) is 0 Å². The molecule has 5 heteroatoms. The number of amidine groups is 1. The van der Waals surface area contributed by atoms with Crippen molar-refractivity contribution in [3.05, 3.63) is 35.9 Å². The highest BCUT2D eigenvalue weighted by atomic mass is 16.4. The molecule has 0 bridgehead atoms. The van der Waals surface area contributed by atoms with Gasteiger partial charge in [-0.3, -0.25) is 0 Å². The summed E-state index contributed by atoms with van der Waals surface area (Å²) in [4.78, 5) is 4.69. The first kappa shape index (κ1) is 15.8. The molecule has 1 fully saturated rings. The van der Waals surface area contributed by atoms with Gasteiger partial charge in [-0.15, -0.1) is 0 Å². The molecular formula is C16H26N4O. The van der Waals surface area contributed by atoms with E-state index >= 15 is 0 Å². The molecular weight excluding hydrogens is 264 g/mol. The number of rotatable bonds is 5. The fourth-order valence-electron chi connectivity index (χ4n) is 3.25. The van der Waals surface area contributed by atoms with E-state index in [2.05, 4.69) is 36.0 Å². The molecule has 0 radical (unpaired) electrons. The molecule has 0 saturated carbocycles. The molecule has 0 spiro atoms. The largest absolute Gasteiger partial charge is 0.409 e. The number of hydrogen-bond donors (Lipinski definition) is 2. The van der Waals surface area contributed by atoms with Crippen molar-refractivity contribution >= 4 is 5.84 Å². The number of nitrogens with zero attached hydrogens (tertiary/aromatic N) is 3. The van der Waals surface area contributed by atoms with Crippen molar-refractivity contribution in [1.82, 2.24) is 9.80 Å². The molecule has 116 valence electrons. The molecule has 3 N–H and O–H groups in total. The van der Waals surface area contributed by atoms with Gasteiger partial charge >= 0.3 is 0 Å². The van der Waals surface area contributed by atoms with Gasteiger partial charge in [-0.2, -0.15) is 0 Å². The molecule has 1 aliphatic rings. The number of hydrogen-bond acceptors (Lipinski definition) is 4. The van der Waals surface area contributed by atoms with Crippen molar-refractivity contribution in [2.45, 2.75) is 18.9 Å². The molecule has 1 aromatic rings. The van der Waals surface area contributed by atoms with Gasteiger partial charge in [0.1, 0.15) is 5.84 Å². The van der Waals surface area contributed by atoms with E-state index < -0.39 is 0 Å². The summed E-state index contributed by atoms with van der Waals surface area (Å²) in [6.45, 7) is 5.14. The Bertz CT molecular complexity index is 474. The minimum Gasteiger partial charge on any atom is -0.409 e. The molecule has 0 aromatic heterocycles. The molecule has 1 saturated heterocycles. The summed E-state index contributed by atoms with van der Waals surface area (Å²) in [6.07, 6.45) is 0. The third-order valence-corrected chi connectivity index (χ3v) is 4.43. The average molecular weight is 290 g/mol. The molecule has 0 amide bonds. The summed E-state index contributed by atoms with van der Waals surface area (Å²) in [7, 11) is 4.26. The van der Waals surface area contributed by atoms with Crippen molar-refractivity contribution < 1.29 is 5.21 Å². The van der Waals surface area contributed by atoms with Crippen LogP contribution in [-0.2, 0) is 0 Å². The van der Waals surface area contributed by atoms with E-state index in [0.717, 1.165) is 25.2 Å². The zero-order valence-electron chi connectivity index (χ0n) is 13.1. The maximum atomic E-state index is 9.07. The standard InChI is InChI=1S/C16H26N4O/c1-12-9-20(11-15(12)19(2)3)10-14(16(17)18-21)13-7-5-4-6-8-13/h4-8,12,14-15,21H,9-11H2,1-3H3,(H2,17,18). The summed E-state index contributed by atoms with van der Waals surface area (Å²) in [5, 5.41) is 12.3. The summed E-state index contributed by atoms with van der Waals surface area (Å²) in [6, 6.07) is 10.6. The smallest absolute Gasteiger partial charge is 0.147 e. The highest BCUT2D eigenvalue weighted by Crippen LogP contribution is 2.24. The van der Waals surface area contributed by atoms with Gasteiger partial charge in [0.05, 0.1) is 5.92 Å². The van der Waals surface area contributed by atoms with Crippen LogP contribution in [0.5, 0.6) is 0 Å². The molecule has 0 aliphatic carbocycles. The lowest BCUT2D eigenvalue weighted by Crippen LogP contribution is -2.37. The van der Waals surface area contributed by atoms with E-state index in [1.165, 1.54) is 0 Å². The van der Waals surface area contributed by atoms with Gasteiger partial charge in [-0.25, -0.2) is 0 Å². The topological polar surface area (TPSA) is 65.1 Å². The molecule has 21 heavy (non-hydrogen) atoms. The van der Waals surface area contributed by atoms with Crippen LogP contribution < -0.4 is 5.73 Å². The van der Waals surface area contributed by atoms with Crippen LogP contribution >= 0.6 is 0 Å². The maximum absolute atomic E-state index is 9.07. The zero-order chi connectivity index (χ0) is 15.4. The Labute approximate surface area is 127 Å². The van der Waals surface area contributed by atoms with E-state index in [0.29, 0.717) is 12.0 Å². The lowest BCUT2D eigenvalue weighted by molar-refractivity contribution is 0.251. The van der Waals surface area contributed by atoms with Crippen molar-refractivity contribution in [3.8, 4) is 0 Å². The minimum absolute atomic E-state index is 0.0655.